The summed E-state index contributed by atoms with van der Waals surface area (Å²) in [5, 5.41) is 6.22. The molecule has 0 aliphatic carbocycles. The lowest BCUT2D eigenvalue weighted by atomic mass is 10.1. The molecule has 0 bridgehead atoms. The van der Waals surface area contributed by atoms with Gasteiger partial charge in [-0.05, 0) is 63.3 Å². The van der Waals surface area contributed by atoms with Crippen LogP contribution < -0.4 is 5.32 Å². The number of aryl methyl sites for hydroxylation is 2. The van der Waals surface area contributed by atoms with E-state index in [0.29, 0.717) is 18.7 Å². The van der Waals surface area contributed by atoms with E-state index < -0.39 is 0 Å². The van der Waals surface area contributed by atoms with Gasteiger partial charge in [0.2, 0.25) is 5.91 Å². The van der Waals surface area contributed by atoms with Gasteiger partial charge in [0.15, 0.2) is 0 Å². The third-order valence-electron chi connectivity index (χ3n) is 4.69. The van der Waals surface area contributed by atoms with E-state index in [-0.39, 0.29) is 17.9 Å². The summed E-state index contributed by atoms with van der Waals surface area (Å²) in [5.41, 5.74) is 1.69. The van der Waals surface area contributed by atoms with Crippen molar-refractivity contribution in [3.05, 3.63) is 50.4 Å². The molecule has 1 N–H and O–H groups in total. The van der Waals surface area contributed by atoms with Gasteiger partial charge < -0.3 is 10.2 Å². The molecule has 1 aromatic carbocycles. The Hall–Kier alpha value is -1.73. The third kappa shape index (κ3) is 5.39. The molecule has 2 heterocycles. The van der Waals surface area contributed by atoms with E-state index in [2.05, 4.69) is 31.6 Å². The fourth-order valence-corrected chi connectivity index (χ4v) is 4.37. The molecule has 1 unspecified atom stereocenters. The molecular formula is C20H24BrN3O2S. The summed E-state index contributed by atoms with van der Waals surface area (Å²) >= 11 is 5.07. The molecule has 1 fully saturated rings. The molecule has 7 heteroatoms. The van der Waals surface area contributed by atoms with Crippen LogP contribution in [0, 0.1) is 6.92 Å². The molecule has 3 rings (SSSR count). The van der Waals surface area contributed by atoms with Crippen LogP contribution in [0.2, 0.25) is 0 Å². The van der Waals surface area contributed by atoms with E-state index in [1.807, 2.05) is 19.1 Å². The van der Waals surface area contributed by atoms with Crippen molar-refractivity contribution in [3.8, 4) is 0 Å². The van der Waals surface area contributed by atoms with Crippen LogP contribution in [0.4, 0.5) is 0 Å². The summed E-state index contributed by atoms with van der Waals surface area (Å²) in [6.07, 6.45) is 4.46. The van der Waals surface area contributed by atoms with Crippen LogP contribution in [0.15, 0.2) is 34.1 Å². The number of carbonyl (C=O) groups is 2. The van der Waals surface area contributed by atoms with Crippen molar-refractivity contribution in [3.63, 3.8) is 0 Å². The molecule has 0 saturated carbocycles. The highest BCUT2D eigenvalue weighted by atomic mass is 79.9. The zero-order valence-electron chi connectivity index (χ0n) is 15.4. The quantitative estimate of drug-likeness (QED) is 0.650. The lowest BCUT2D eigenvalue weighted by Crippen LogP contribution is -2.46. The Morgan fingerprint density at radius 1 is 1.30 bits per heavy atom. The Kier molecular flexibility index (Phi) is 7.01. The Morgan fingerprint density at radius 3 is 2.78 bits per heavy atom. The molecule has 0 radical (unpaired) electrons. The topological polar surface area (TPSA) is 62.3 Å². The average molecular weight is 450 g/mol. The van der Waals surface area contributed by atoms with Crippen molar-refractivity contribution in [1.29, 1.82) is 0 Å². The van der Waals surface area contributed by atoms with Crippen molar-refractivity contribution in [2.24, 2.45) is 0 Å². The predicted octanol–water partition coefficient (Wildman–Crippen LogP) is 3.96. The number of hydrogen-bond donors (Lipinski definition) is 1. The standard InChI is InChI=1S/C20H24BrN3O2S/c1-14-13-27-18(23-14)6-2-3-11-22-19(25)17-5-4-12-24(17)20(26)15-7-9-16(21)10-8-15/h7-10,13,17H,2-6,11-12H2,1H3,(H,22,25). The van der Waals surface area contributed by atoms with Gasteiger partial charge in [-0.2, -0.15) is 0 Å². The zero-order valence-corrected chi connectivity index (χ0v) is 17.8. The molecule has 1 atom stereocenters. The maximum Gasteiger partial charge on any atom is 0.254 e. The van der Waals surface area contributed by atoms with E-state index in [1.54, 1.807) is 28.4 Å². The molecule has 1 saturated heterocycles. The van der Waals surface area contributed by atoms with Crippen LogP contribution >= 0.6 is 27.3 Å². The van der Waals surface area contributed by atoms with Gasteiger partial charge >= 0.3 is 0 Å². The number of halogens is 1. The lowest BCUT2D eigenvalue weighted by molar-refractivity contribution is -0.124. The molecule has 2 amide bonds. The fourth-order valence-electron chi connectivity index (χ4n) is 3.29. The van der Waals surface area contributed by atoms with Crippen LogP contribution in [-0.4, -0.2) is 40.8 Å². The molecule has 1 aliphatic heterocycles. The van der Waals surface area contributed by atoms with Crippen molar-refractivity contribution in [1.82, 2.24) is 15.2 Å². The maximum absolute atomic E-state index is 12.7. The van der Waals surface area contributed by atoms with Crippen LogP contribution in [0.1, 0.15) is 46.7 Å². The Labute approximate surface area is 172 Å². The highest BCUT2D eigenvalue weighted by molar-refractivity contribution is 9.10. The SMILES string of the molecule is Cc1csc(CCCCNC(=O)C2CCCN2C(=O)c2ccc(Br)cc2)n1. The van der Waals surface area contributed by atoms with Gasteiger partial charge in [-0.25, -0.2) is 4.98 Å². The molecule has 5 nitrogen and oxygen atoms in total. The minimum absolute atomic E-state index is 0.0388. The van der Waals surface area contributed by atoms with Crippen LogP contribution in [0.5, 0.6) is 0 Å². The lowest BCUT2D eigenvalue weighted by Gasteiger charge is -2.24. The van der Waals surface area contributed by atoms with Crippen molar-refractivity contribution >= 4 is 39.1 Å². The Bertz CT molecular complexity index is 791. The minimum atomic E-state index is -0.359. The number of thiazole rings is 1. The van der Waals surface area contributed by atoms with E-state index in [4.69, 9.17) is 0 Å². The van der Waals surface area contributed by atoms with Gasteiger partial charge in [-0.3, -0.25) is 9.59 Å². The van der Waals surface area contributed by atoms with Gasteiger partial charge in [-0.15, -0.1) is 11.3 Å². The number of nitrogens with zero attached hydrogens (tertiary/aromatic N) is 2. The summed E-state index contributed by atoms with van der Waals surface area (Å²) in [7, 11) is 0. The smallest absolute Gasteiger partial charge is 0.254 e. The van der Waals surface area contributed by atoms with Crippen molar-refractivity contribution in [2.75, 3.05) is 13.1 Å². The van der Waals surface area contributed by atoms with E-state index in [9.17, 15) is 9.59 Å². The fraction of sp³-hybridized carbons (Fsp3) is 0.450. The second kappa shape index (κ2) is 9.46. The van der Waals surface area contributed by atoms with E-state index in [1.165, 1.54) is 0 Å². The number of benzene rings is 1. The first kappa shape index (κ1) is 20.0. The second-order valence-corrected chi connectivity index (χ2v) is 8.65. The van der Waals surface area contributed by atoms with Gasteiger partial charge in [-0.1, -0.05) is 15.9 Å². The molecule has 144 valence electrons. The highest BCUT2D eigenvalue weighted by Gasteiger charge is 2.34. The monoisotopic (exact) mass is 449 g/mol. The molecular weight excluding hydrogens is 426 g/mol. The van der Waals surface area contributed by atoms with Crippen LogP contribution in [0.3, 0.4) is 0 Å². The first-order valence-electron chi connectivity index (χ1n) is 9.30. The van der Waals surface area contributed by atoms with Gasteiger partial charge in [0.05, 0.1) is 5.01 Å². The highest BCUT2D eigenvalue weighted by Crippen LogP contribution is 2.21. The first-order chi connectivity index (χ1) is 13.0. The van der Waals surface area contributed by atoms with Crippen molar-refractivity contribution in [2.45, 2.75) is 45.1 Å². The summed E-state index contributed by atoms with van der Waals surface area (Å²) in [6.45, 7) is 3.28. The first-order valence-corrected chi connectivity index (χ1v) is 11.0. The van der Waals surface area contributed by atoms with Gasteiger partial charge in [0.25, 0.3) is 5.91 Å². The molecule has 1 aromatic heterocycles. The van der Waals surface area contributed by atoms with E-state index >= 15 is 0 Å². The Morgan fingerprint density at radius 2 is 2.07 bits per heavy atom. The number of likely N-dealkylation sites (tertiary alicyclic amines) is 1. The molecule has 27 heavy (non-hydrogen) atoms. The molecule has 0 spiro atoms. The average Bonchev–Trinajstić information content (AvgIpc) is 3.30. The van der Waals surface area contributed by atoms with Crippen molar-refractivity contribution < 1.29 is 9.59 Å². The molecule has 1 aliphatic rings. The normalized spacial score (nSPS) is 16.5. The summed E-state index contributed by atoms with van der Waals surface area (Å²) in [5.74, 6) is -0.109. The van der Waals surface area contributed by atoms with Crippen LogP contribution in [0.25, 0.3) is 0 Å². The summed E-state index contributed by atoms with van der Waals surface area (Å²) in [4.78, 5) is 31.5. The van der Waals surface area contributed by atoms with Gasteiger partial charge in [0.1, 0.15) is 6.04 Å². The second-order valence-electron chi connectivity index (χ2n) is 6.79. The Balaban J connectivity index is 1.45. The summed E-state index contributed by atoms with van der Waals surface area (Å²) in [6, 6.07) is 6.92. The number of rotatable bonds is 7. The number of aromatic nitrogens is 1. The third-order valence-corrected chi connectivity index (χ3v) is 6.25. The van der Waals surface area contributed by atoms with E-state index in [0.717, 1.165) is 47.3 Å². The zero-order chi connectivity index (χ0) is 19.2. The van der Waals surface area contributed by atoms with Gasteiger partial charge in [0, 0.05) is 34.2 Å². The number of nitrogens with one attached hydrogen (secondary N) is 1. The number of amides is 2. The van der Waals surface area contributed by atoms with Crippen LogP contribution in [-0.2, 0) is 11.2 Å². The predicted molar refractivity (Wildman–Crippen MR) is 111 cm³/mol. The number of hydrogen-bond acceptors (Lipinski definition) is 4. The number of carbonyl (C=O) groups excluding carboxylic acids is 2. The largest absolute Gasteiger partial charge is 0.354 e. The number of unbranched alkanes of at least 4 members (excludes halogenated alkanes) is 1. The summed E-state index contributed by atoms with van der Waals surface area (Å²) < 4.78 is 0.933. The molecule has 2 aromatic rings. The maximum atomic E-state index is 12.7. The minimum Gasteiger partial charge on any atom is -0.354 e.